The predicted octanol–water partition coefficient (Wildman–Crippen LogP) is 6.13. The summed E-state index contributed by atoms with van der Waals surface area (Å²) in [6.45, 7) is -0.0856. The Balaban J connectivity index is 1.55. The van der Waals surface area contributed by atoms with Crippen LogP contribution in [0.15, 0.2) is 66.9 Å². The molecule has 4 N–H and O–H groups in total. The molecular weight excluding hydrogens is 426 g/mol. The van der Waals surface area contributed by atoms with Crippen molar-refractivity contribution < 1.29 is 27.5 Å². The summed E-state index contributed by atoms with van der Waals surface area (Å²) in [5.41, 5.74) is 2.18. The highest BCUT2D eigenvalue weighted by Gasteiger charge is 2.34. The van der Waals surface area contributed by atoms with Gasteiger partial charge in [-0.15, -0.1) is 0 Å². The average Bonchev–Trinajstić information content (AvgIpc) is 3.14. The standard InChI is InChI=1S/C23H17F4N3O2/c24-19-10-16(5-6-18(19)23(25,26)27)29-22(32)30-21-11-28-20-7-4-15(9-17(20)21)14-3-1-2-13(8-14)12-31/h1-11,28,31H,12H2,(H2,29,30,32). The van der Waals surface area contributed by atoms with E-state index in [1.54, 1.807) is 12.3 Å². The SMILES string of the molecule is O=C(Nc1ccc(C(F)(F)F)c(F)c1)Nc1c[nH]c2ccc(-c3cccc(CO)c3)cc12. The zero-order valence-corrected chi connectivity index (χ0v) is 16.4. The van der Waals surface area contributed by atoms with E-state index in [0.29, 0.717) is 23.2 Å². The van der Waals surface area contributed by atoms with Crippen LogP contribution < -0.4 is 10.6 Å². The van der Waals surface area contributed by atoms with Crippen molar-refractivity contribution in [1.82, 2.24) is 4.98 Å². The van der Waals surface area contributed by atoms with Crippen molar-refractivity contribution in [3.05, 3.63) is 83.8 Å². The van der Waals surface area contributed by atoms with Gasteiger partial charge in [0, 0.05) is 22.8 Å². The zero-order valence-electron chi connectivity index (χ0n) is 16.4. The molecule has 1 aromatic heterocycles. The van der Waals surface area contributed by atoms with Gasteiger partial charge in [-0.25, -0.2) is 9.18 Å². The first kappa shape index (κ1) is 21.4. The van der Waals surface area contributed by atoms with Crippen LogP contribution in [-0.2, 0) is 12.8 Å². The number of benzene rings is 3. The first-order chi connectivity index (χ1) is 15.2. The van der Waals surface area contributed by atoms with Crippen molar-refractivity contribution in [2.75, 3.05) is 10.6 Å². The van der Waals surface area contributed by atoms with Crippen molar-refractivity contribution in [2.24, 2.45) is 0 Å². The maximum Gasteiger partial charge on any atom is 0.419 e. The van der Waals surface area contributed by atoms with E-state index in [2.05, 4.69) is 15.6 Å². The molecule has 164 valence electrons. The number of alkyl halides is 3. The summed E-state index contributed by atoms with van der Waals surface area (Å²) < 4.78 is 51.8. The predicted molar refractivity (Wildman–Crippen MR) is 114 cm³/mol. The number of carbonyl (C=O) groups is 1. The van der Waals surface area contributed by atoms with Gasteiger partial charge in [-0.05, 0) is 53.1 Å². The molecule has 0 aliphatic carbocycles. The maximum absolute atomic E-state index is 13.7. The summed E-state index contributed by atoms with van der Waals surface area (Å²) >= 11 is 0. The van der Waals surface area contributed by atoms with Gasteiger partial charge in [0.05, 0.1) is 17.9 Å². The lowest BCUT2D eigenvalue weighted by Gasteiger charge is -2.11. The third-order valence-corrected chi connectivity index (χ3v) is 4.91. The van der Waals surface area contributed by atoms with Gasteiger partial charge in [-0.2, -0.15) is 13.2 Å². The summed E-state index contributed by atoms with van der Waals surface area (Å²) in [4.78, 5) is 15.4. The Bertz CT molecular complexity index is 1300. The molecule has 0 saturated carbocycles. The number of hydrogen-bond acceptors (Lipinski definition) is 2. The van der Waals surface area contributed by atoms with E-state index < -0.39 is 23.6 Å². The number of aliphatic hydroxyl groups excluding tert-OH is 1. The smallest absolute Gasteiger partial charge is 0.392 e. The Hall–Kier alpha value is -3.85. The van der Waals surface area contributed by atoms with Gasteiger partial charge in [0.2, 0.25) is 0 Å². The van der Waals surface area contributed by atoms with Crippen LogP contribution in [0, 0.1) is 5.82 Å². The molecule has 4 rings (SSSR count). The highest BCUT2D eigenvalue weighted by Crippen LogP contribution is 2.33. The van der Waals surface area contributed by atoms with Crippen LogP contribution in [-0.4, -0.2) is 16.1 Å². The Labute approximate surface area is 179 Å². The number of halogens is 4. The van der Waals surface area contributed by atoms with E-state index in [1.807, 2.05) is 36.4 Å². The normalized spacial score (nSPS) is 11.5. The number of carbonyl (C=O) groups excluding carboxylic acids is 1. The number of aromatic amines is 1. The second-order valence-corrected chi connectivity index (χ2v) is 7.09. The quantitative estimate of drug-likeness (QED) is 0.287. The summed E-state index contributed by atoms with van der Waals surface area (Å²) in [5.74, 6) is -1.47. The van der Waals surface area contributed by atoms with Crippen LogP contribution in [0.25, 0.3) is 22.0 Å². The number of amides is 2. The molecule has 0 aliphatic rings. The number of urea groups is 1. The minimum Gasteiger partial charge on any atom is -0.392 e. The summed E-state index contributed by atoms with van der Waals surface area (Å²) in [6.07, 6.45) is -3.24. The van der Waals surface area contributed by atoms with Gasteiger partial charge in [-0.3, -0.25) is 0 Å². The Kier molecular flexibility index (Phi) is 5.58. The van der Waals surface area contributed by atoms with E-state index in [-0.39, 0.29) is 12.3 Å². The number of hydrogen-bond donors (Lipinski definition) is 4. The fraction of sp³-hybridized carbons (Fsp3) is 0.0870. The highest BCUT2D eigenvalue weighted by atomic mass is 19.4. The fourth-order valence-electron chi connectivity index (χ4n) is 3.36. The molecule has 0 saturated heterocycles. The minimum atomic E-state index is -4.82. The Morgan fingerprint density at radius 3 is 2.47 bits per heavy atom. The summed E-state index contributed by atoms with van der Waals surface area (Å²) in [5, 5.41) is 15.0. The van der Waals surface area contributed by atoms with Crippen LogP contribution in [0.4, 0.5) is 33.7 Å². The number of anilines is 2. The van der Waals surface area contributed by atoms with Gasteiger partial charge < -0.3 is 20.7 Å². The van der Waals surface area contributed by atoms with Gasteiger partial charge in [0.1, 0.15) is 5.82 Å². The van der Waals surface area contributed by atoms with Crippen molar-refractivity contribution >= 4 is 28.3 Å². The first-order valence-corrected chi connectivity index (χ1v) is 9.50. The highest BCUT2D eigenvalue weighted by molar-refractivity contribution is 6.06. The summed E-state index contributed by atoms with van der Waals surface area (Å²) in [6, 6.07) is 14.4. The maximum atomic E-state index is 13.7. The van der Waals surface area contributed by atoms with E-state index in [0.717, 1.165) is 28.3 Å². The molecule has 0 aliphatic heterocycles. The topological polar surface area (TPSA) is 77.2 Å². The van der Waals surface area contributed by atoms with E-state index in [1.165, 1.54) is 0 Å². The number of rotatable bonds is 4. The van der Waals surface area contributed by atoms with Crippen LogP contribution >= 0.6 is 0 Å². The molecule has 0 bridgehead atoms. The molecule has 0 radical (unpaired) electrons. The first-order valence-electron chi connectivity index (χ1n) is 9.50. The Morgan fingerprint density at radius 1 is 0.969 bits per heavy atom. The van der Waals surface area contributed by atoms with E-state index in [4.69, 9.17) is 0 Å². The third kappa shape index (κ3) is 4.42. The second-order valence-electron chi connectivity index (χ2n) is 7.09. The van der Waals surface area contributed by atoms with Crippen molar-refractivity contribution in [2.45, 2.75) is 12.8 Å². The molecule has 32 heavy (non-hydrogen) atoms. The third-order valence-electron chi connectivity index (χ3n) is 4.91. The van der Waals surface area contributed by atoms with E-state index in [9.17, 15) is 27.5 Å². The van der Waals surface area contributed by atoms with Gasteiger partial charge >= 0.3 is 12.2 Å². The lowest BCUT2D eigenvalue weighted by Crippen LogP contribution is -2.19. The number of fused-ring (bicyclic) bond motifs is 1. The van der Waals surface area contributed by atoms with Crippen molar-refractivity contribution in [3.8, 4) is 11.1 Å². The number of aliphatic hydroxyl groups is 1. The van der Waals surface area contributed by atoms with Crippen molar-refractivity contribution in [1.29, 1.82) is 0 Å². The van der Waals surface area contributed by atoms with Crippen LogP contribution in [0.5, 0.6) is 0 Å². The number of nitrogens with one attached hydrogen (secondary N) is 3. The molecule has 0 atom stereocenters. The van der Waals surface area contributed by atoms with Crippen LogP contribution in [0.2, 0.25) is 0 Å². The molecule has 3 aromatic carbocycles. The molecule has 4 aromatic rings. The molecule has 2 amide bonds. The van der Waals surface area contributed by atoms with Gasteiger partial charge in [-0.1, -0.05) is 24.3 Å². The zero-order chi connectivity index (χ0) is 22.9. The molecule has 0 unspecified atom stereocenters. The molecule has 1 heterocycles. The van der Waals surface area contributed by atoms with Crippen LogP contribution in [0.3, 0.4) is 0 Å². The summed E-state index contributed by atoms with van der Waals surface area (Å²) in [7, 11) is 0. The molecule has 9 heteroatoms. The minimum absolute atomic E-state index is 0.0856. The van der Waals surface area contributed by atoms with Crippen molar-refractivity contribution in [3.63, 3.8) is 0 Å². The largest absolute Gasteiger partial charge is 0.419 e. The second kappa shape index (κ2) is 8.35. The Morgan fingerprint density at radius 2 is 1.75 bits per heavy atom. The fourth-order valence-corrected chi connectivity index (χ4v) is 3.36. The average molecular weight is 443 g/mol. The number of H-pyrrole nitrogens is 1. The van der Waals surface area contributed by atoms with Crippen LogP contribution in [0.1, 0.15) is 11.1 Å². The monoisotopic (exact) mass is 443 g/mol. The number of aromatic nitrogens is 1. The molecule has 0 fully saturated rings. The molecule has 5 nitrogen and oxygen atoms in total. The molecular formula is C23H17F4N3O2. The lowest BCUT2D eigenvalue weighted by atomic mass is 10.0. The molecule has 0 spiro atoms. The van der Waals surface area contributed by atoms with Gasteiger partial charge in [0.25, 0.3) is 0 Å². The van der Waals surface area contributed by atoms with E-state index >= 15 is 0 Å². The lowest BCUT2D eigenvalue weighted by molar-refractivity contribution is -0.139. The van der Waals surface area contributed by atoms with Gasteiger partial charge in [0.15, 0.2) is 0 Å².